The summed E-state index contributed by atoms with van der Waals surface area (Å²) in [5, 5.41) is 0. The van der Waals surface area contributed by atoms with Crippen molar-refractivity contribution in [2.75, 3.05) is 19.6 Å². The maximum Gasteiger partial charge on any atom is 0.258 e. The van der Waals surface area contributed by atoms with E-state index in [-0.39, 0.29) is 18.2 Å². The molecule has 0 radical (unpaired) electrons. The van der Waals surface area contributed by atoms with Gasteiger partial charge in [-0.15, -0.1) is 0 Å². The maximum atomic E-state index is 15.5. The molecule has 3 atom stereocenters. The predicted molar refractivity (Wildman–Crippen MR) is 430 cm³/mol. The van der Waals surface area contributed by atoms with Gasteiger partial charge in [0.1, 0.15) is 12.1 Å². The number of nitrogens with zero attached hydrogens (tertiary/aromatic N) is 6. The first kappa shape index (κ1) is 85.0. The number of imide groups is 4. The topological polar surface area (TPSA) is 190 Å². The zero-order chi connectivity index (χ0) is 83.1. The Hall–Kier alpha value is -15.6. The van der Waals surface area contributed by atoms with Crippen molar-refractivity contribution in [2.45, 2.75) is 172 Å². The summed E-state index contributed by atoms with van der Waals surface area (Å²) >= 11 is 0. The second kappa shape index (κ2) is 41.8. The highest BCUT2D eigenvalue weighted by molar-refractivity contribution is 6.29. The van der Waals surface area contributed by atoms with E-state index in [1.165, 1.54) is 22.0 Å². The molecule has 560 valence electrons. The van der Waals surface area contributed by atoms with Gasteiger partial charge in [0.15, 0.2) is 5.82 Å². The van der Waals surface area contributed by atoms with Crippen LogP contribution in [0.5, 0.6) is 0 Å². The summed E-state index contributed by atoms with van der Waals surface area (Å²) in [5.41, 5.74) is 97.1. The van der Waals surface area contributed by atoms with Crippen LogP contribution in [0.15, 0.2) is 268 Å². The number of hydrogen-bond donors (Lipinski definition) is 0. The van der Waals surface area contributed by atoms with Crippen LogP contribution in [0.2, 0.25) is 0 Å². The lowest BCUT2D eigenvalue weighted by atomic mass is 9.92. The molecular weight excluding hydrogens is 1430 g/mol. The first-order valence-corrected chi connectivity index (χ1v) is 37.1. The Morgan fingerprint density at radius 3 is 0.765 bits per heavy atom. The van der Waals surface area contributed by atoms with Crippen molar-refractivity contribution >= 4 is 81.8 Å². The van der Waals surface area contributed by atoms with Crippen molar-refractivity contribution in [3.05, 3.63) is 335 Å². The Labute approximate surface area is 667 Å². The fourth-order valence-electron chi connectivity index (χ4n) is 13.6. The van der Waals surface area contributed by atoms with Crippen molar-refractivity contribution in [3.8, 4) is 0 Å². The van der Waals surface area contributed by atoms with E-state index >= 15 is 9.59 Å². The van der Waals surface area contributed by atoms with E-state index in [1.807, 2.05) is 104 Å². The quantitative estimate of drug-likeness (QED) is 0.0608. The minimum atomic E-state index is -1.63. The number of benzene rings is 4. The van der Waals surface area contributed by atoms with Crippen molar-refractivity contribution < 1.29 is 47.9 Å². The lowest BCUT2D eigenvalue weighted by Crippen LogP contribution is -2.53. The molecule has 3 saturated heterocycles. The number of amides is 10. The van der Waals surface area contributed by atoms with Gasteiger partial charge in [0.2, 0.25) is 35.4 Å². The van der Waals surface area contributed by atoms with Crippen LogP contribution >= 0.6 is 0 Å². The number of anilines is 4. The fourth-order valence-corrected chi connectivity index (χ4v) is 13.6. The predicted octanol–water partition coefficient (Wildman–Crippen LogP) is 14.1. The maximum absolute atomic E-state index is 15.5. The van der Waals surface area contributed by atoms with Gasteiger partial charge in [-0.25, -0.2) is 19.6 Å². The number of hydrogen-bond acceptors (Lipinski definition) is 10. The summed E-state index contributed by atoms with van der Waals surface area (Å²) in [6.45, 7) is 22.8. The van der Waals surface area contributed by atoms with Gasteiger partial charge >= 0.3 is 0 Å². The lowest BCUT2D eigenvalue weighted by molar-refractivity contribution is -0.141. The summed E-state index contributed by atoms with van der Waals surface area (Å²) in [7, 11) is 0. The summed E-state index contributed by atoms with van der Waals surface area (Å²) in [6.07, 6.45) is 6.08. The first-order chi connectivity index (χ1) is 55.6. The molecule has 4 heterocycles. The number of aryl methyl sites for hydroxylation is 8. The van der Waals surface area contributed by atoms with Gasteiger partial charge < -0.3 is 0 Å². The van der Waals surface area contributed by atoms with Crippen molar-refractivity contribution in [1.82, 2.24) is 9.80 Å². The highest BCUT2D eigenvalue weighted by atomic mass is 16.2. The smallest absolute Gasteiger partial charge is 0.258 e. The molecule has 16 heteroatoms. The molecule has 8 rings (SSSR count). The monoisotopic (exact) mass is 1510 g/mol. The van der Waals surface area contributed by atoms with Crippen LogP contribution in [0.25, 0.3) is 0 Å². The molecule has 10 amide bonds. The zero-order valence-electron chi connectivity index (χ0n) is 65.7. The molecule has 0 saturated carbocycles. The van der Waals surface area contributed by atoms with E-state index < -0.39 is 83.9 Å². The molecule has 4 aliphatic heterocycles. The van der Waals surface area contributed by atoms with Crippen LogP contribution in [-0.2, 0) is 112 Å². The normalized spacial score (nSPS) is 14.0. The van der Waals surface area contributed by atoms with Gasteiger partial charge in [-0.3, -0.25) is 57.7 Å². The molecule has 0 bridgehead atoms. The average molecular weight is 1510 g/mol. The van der Waals surface area contributed by atoms with E-state index in [0.29, 0.717) is 109 Å². The Bertz CT molecular complexity index is 6300. The molecule has 0 aromatic heterocycles. The van der Waals surface area contributed by atoms with Crippen LogP contribution in [0.3, 0.4) is 0 Å². The zero-order valence-corrected chi connectivity index (χ0v) is 65.7. The van der Waals surface area contributed by atoms with E-state index in [2.05, 4.69) is 201 Å². The number of rotatable bonds is 20. The van der Waals surface area contributed by atoms with Crippen LogP contribution in [0.4, 0.5) is 22.7 Å². The van der Waals surface area contributed by atoms with Crippen LogP contribution in [0, 0.1) is 5.92 Å². The molecule has 0 spiro atoms. The van der Waals surface area contributed by atoms with Crippen molar-refractivity contribution in [2.24, 2.45) is 5.92 Å². The van der Waals surface area contributed by atoms with Crippen molar-refractivity contribution in [1.29, 1.82) is 0 Å². The number of carbonyl (C=O) groups is 10. The van der Waals surface area contributed by atoms with Gasteiger partial charge in [0.25, 0.3) is 23.6 Å². The molecule has 0 N–H and O–H groups in total. The Balaban J connectivity index is 1.20. The SMILES string of the molecule is C=C=C=C=C=C=C=C=C=C=C=C=C=C=C=C=C=C=C=C=C=C=C=C=C=C=C=C=C=C=C=C=C=C=C=C(N(C(C)=O)C1CC(=O)N(c2c(CC)cc(Cc3cc(CC)c(N4C(=O)C=CC4=O)c(CC)c3)cc2CC)C1=O)N(C(C)=O)C1CC(=O)N(c2c(CC)cc(Cc3cc(CC)c(N4C(=O)CC(C)C4=O)c(CC)c3)cc2CC)C1=O. The molecule has 3 fully saturated rings. The second-order valence-corrected chi connectivity index (χ2v) is 25.7. The van der Waals surface area contributed by atoms with E-state index in [9.17, 15) is 38.4 Å². The summed E-state index contributed by atoms with van der Waals surface area (Å²) in [5.74, 6) is -6.79. The number of carbonyl (C=O) groups excluding carboxylic acids is 10. The minimum absolute atomic E-state index is 0.144. The third kappa shape index (κ3) is 21.0. The minimum Gasteiger partial charge on any atom is -0.278 e. The fraction of sp³-hybridized carbons (Fsp3) is 0.273. The summed E-state index contributed by atoms with van der Waals surface area (Å²) in [4.78, 5) is 149. The summed E-state index contributed by atoms with van der Waals surface area (Å²) in [6, 6.07) is 12.5. The second-order valence-electron chi connectivity index (χ2n) is 25.7. The van der Waals surface area contributed by atoms with Gasteiger partial charge in [-0.05, 0) is 235 Å². The Kier molecular flexibility index (Phi) is 30.9. The highest BCUT2D eigenvalue weighted by Gasteiger charge is 2.52. The summed E-state index contributed by atoms with van der Waals surface area (Å²) < 4.78 is 0. The molecule has 4 aromatic carbocycles. The molecule has 4 aromatic rings. The Morgan fingerprint density at radius 2 is 0.548 bits per heavy atom. The van der Waals surface area contributed by atoms with E-state index in [0.717, 1.165) is 78.0 Å². The molecule has 4 aliphatic rings. The third-order valence-corrected chi connectivity index (χ3v) is 18.5. The van der Waals surface area contributed by atoms with Gasteiger partial charge in [0.05, 0.1) is 35.6 Å². The molecule has 0 aliphatic carbocycles. The third-order valence-electron chi connectivity index (χ3n) is 18.5. The molecule has 16 nitrogen and oxygen atoms in total. The largest absolute Gasteiger partial charge is 0.278 e. The average Bonchev–Trinajstić information content (AvgIpc) is 1.63. The van der Waals surface area contributed by atoms with Gasteiger partial charge in [0, 0.05) is 130 Å². The van der Waals surface area contributed by atoms with Crippen molar-refractivity contribution in [3.63, 3.8) is 0 Å². The Morgan fingerprint density at radius 1 is 0.330 bits per heavy atom. The highest BCUT2D eigenvalue weighted by Crippen LogP contribution is 2.41. The standard InChI is InChI=1S/C99H74N6O10/c1-13-22-23-24-25-26-27-28-29-30-31-32-33-34-35-36-37-38-39-40-41-42-43-44-45-46-47-48-49-50-51-52-53-54-87(100(71(11)106)85-68-91(111)104(98(85)114)95-81(18-6)64-75(65-82(95)19-7)58-73-60-77(14-2)93(78(15-3)61-73)102-88(108)55-56-89(102)109)101(72(12)107)86-69-92(112)105(99(86)115)96-83(20-8)66-76(67-84(96)21-9)59-74-62-79(16-4)94(80(17-5)63-74)103-90(110)57-70(10)97(103)113/h55-56,60-67,70,85-86H,1,14-21,57-59,68-69H2,2-12H3. The van der Waals surface area contributed by atoms with E-state index in [1.54, 1.807) is 6.92 Å². The van der Waals surface area contributed by atoms with Crippen LogP contribution < -0.4 is 19.6 Å². The first-order valence-electron chi connectivity index (χ1n) is 37.1. The van der Waals surface area contributed by atoms with Gasteiger partial charge in [-0.2, -0.15) is 0 Å². The van der Waals surface area contributed by atoms with Crippen LogP contribution in [-0.4, -0.2) is 81.0 Å². The van der Waals surface area contributed by atoms with Crippen LogP contribution in [0.1, 0.15) is 162 Å². The molecule has 3 unspecified atom stereocenters. The lowest BCUT2D eigenvalue weighted by Gasteiger charge is -2.35. The van der Waals surface area contributed by atoms with E-state index in [4.69, 9.17) is 0 Å². The van der Waals surface area contributed by atoms with Gasteiger partial charge in [-0.1, -0.05) is 117 Å². The molecular formula is C99H74N6O10. The molecule has 115 heavy (non-hydrogen) atoms.